The quantitative estimate of drug-likeness (QED) is 0.165. The Hall–Kier alpha value is -3.68. The number of benzene rings is 3. The third kappa shape index (κ3) is 5.62. The van der Waals surface area contributed by atoms with Crippen LogP contribution in [0.1, 0.15) is 54.5 Å². The molecule has 0 spiro atoms. The summed E-state index contributed by atoms with van der Waals surface area (Å²) in [5.41, 5.74) is 5.44. The second kappa shape index (κ2) is 11.8. The van der Waals surface area contributed by atoms with Crippen molar-refractivity contribution in [2.45, 2.75) is 46.6 Å². The van der Waals surface area contributed by atoms with Gasteiger partial charge in [-0.1, -0.05) is 59.6 Å². The van der Waals surface area contributed by atoms with Crippen molar-refractivity contribution in [3.63, 3.8) is 0 Å². The lowest BCUT2D eigenvalue weighted by atomic mass is 10.1. The molecule has 2 aromatic heterocycles. The number of fused-ring (bicyclic) bond motifs is 1. The van der Waals surface area contributed by atoms with E-state index in [0.29, 0.717) is 28.4 Å². The molecule has 5 aromatic rings. The molecule has 1 atom stereocenters. The van der Waals surface area contributed by atoms with E-state index in [9.17, 15) is 4.79 Å². The molecule has 2 heterocycles. The Labute approximate surface area is 247 Å². The number of hydrogen-bond donors (Lipinski definition) is 0. The summed E-state index contributed by atoms with van der Waals surface area (Å²) in [4.78, 5) is 18.3. The normalized spacial score (nSPS) is 12.3. The largest absolute Gasteiger partial charge is 0.489 e. The van der Waals surface area contributed by atoms with Crippen LogP contribution in [0, 0.1) is 13.8 Å². The molecule has 6 nitrogen and oxygen atoms in total. The van der Waals surface area contributed by atoms with Crippen LogP contribution in [0.5, 0.6) is 5.75 Å². The molecule has 0 aliphatic heterocycles. The van der Waals surface area contributed by atoms with Crippen molar-refractivity contribution in [3.8, 4) is 11.4 Å². The van der Waals surface area contributed by atoms with Crippen LogP contribution in [0.15, 0.2) is 87.2 Å². The van der Waals surface area contributed by atoms with Crippen molar-refractivity contribution in [1.82, 2.24) is 14.2 Å². The molecule has 0 aliphatic carbocycles. The van der Waals surface area contributed by atoms with Gasteiger partial charge in [0.1, 0.15) is 18.2 Å². The second-order valence-corrected chi connectivity index (χ2v) is 11.2. The molecule has 0 radical (unpaired) electrons. The van der Waals surface area contributed by atoms with Crippen molar-refractivity contribution in [3.05, 3.63) is 121 Å². The van der Waals surface area contributed by atoms with Gasteiger partial charge in [0.2, 0.25) is 0 Å². The first-order valence-corrected chi connectivity index (χ1v) is 14.4. The average molecular weight is 618 g/mol. The van der Waals surface area contributed by atoms with Gasteiger partial charge in [0.25, 0.3) is 5.56 Å². The van der Waals surface area contributed by atoms with Gasteiger partial charge < -0.3 is 9.30 Å². The summed E-state index contributed by atoms with van der Waals surface area (Å²) in [6.07, 6.45) is 2.59. The highest BCUT2D eigenvalue weighted by Crippen LogP contribution is 2.25. The standard InChI is InChI=1S/C32H30BrClN4O2/c1-5-20(2)31-36-30-15-10-25(33)17-28(30)32(39)38(31)35-18-24-16-21(3)37(22(24)4)26-11-13-27(14-12-26)40-19-23-8-6-7-9-29(23)34/h6-18,20H,5,19H2,1-4H3/t20-/m0/s1. The lowest BCUT2D eigenvalue weighted by Crippen LogP contribution is -2.23. The van der Waals surface area contributed by atoms with Crippen molar-refractivity contribution in [1.29, 1.82) is 0 Å². The summed E-state index contributed by atoms with van der Waals surface area (Å²) in [7, 11) is 0. The van der Waals surface area contributed by atoms with E-state index in [1.165, 1.54) is 4.68 Å². The molecule has 5 rings (SSSR count). The molecule has 40 heavy (non-hydrogen) atoms. The molecular weight excluding hydrogens is 588 g/mol. The first-order valence-electron chi connectivity index (χ1n) is 13.2. The average Bonchev–Trinajstić information content (AvgIpc) is 3.24. The molecule has 0 fully saturated rings. The summed E-state index contributed by atoms with van der Waals surface area (Å²) in [5.74, 6) is 1.49. The maximum absolute atomic E-state index is 13.5. The highest BCUT2D eigenvalue weighted by atomic mass is 79.9. The SMILES string of the molecule is CC[C@H](C)c1nc2ccc(Br)cc2c(=O)n1N=Cc1cc(C)n(-c2ccc(OCc3ccccc3Cl)cc2)c1C. The van der Waals surface area contributed by atoms with Crippen LogP contribution in [-0.4, -0.2) is 20.4 Å². The molecule has 0 amide bonds. The number of aromatic nitrogens is 3. The van der Waals surface area contributed by atoms with Crippen LogP contribution in [0.3, 0.4) is 0 Å². The van der Waals surface area contributed by atoms with Crippen LogP contribution >= 0.6 is 27.5 Å². The minimum Gasteiger partial charge on any atom is -0.489 e. The Morgan fingerprint density at radius 2 is 1.82 bits per heavy atom. The van der Waals surface area contributed by atoms with Crippen LogP contribution in [0.25, 0.3) is 16.6 Å². The van der Waals surface area contributed by atoms with Gasteiger partial charge in [0.15, 0.2) is 0 Å². The van der Waals surface area contributed by atoms with Crippen LogP contribution < -0.4 is 10.3 Å². The maximum Gasteiger partial charge on any atom is 0.282 e. The molecule has 204 valence electrons. The summed E-state index contributed by atoms with van der Waals surface area (Å²) in [6.45, 7) is 8.64. The van der Waals surface area contributed by atoms with E-state index >= 15 is 0 Å². The highest BCUT2D eigenvalue weighted by molar-refractivity contribution is 9.10. The van der Waals surface area contributed by atoms with Gasteiger partial charge in [-0.2, -0.15) is 9.78 Å². The Morgan fingerprint density at radius 3 is 2.55 bits per heavy atom. The summed E-state index contributed by atoms with van der Waals surface area (Å²) < 4.78 is 10.4. The van der Waals surface area contributed by atoms with E-state index < -0.39 is 0 Å². The molecule has 8 heteroatoms. The minimum atomic E-state index is -0.181. The number of rotatable bonds is 8. The molecular formula is C32H30BrClN4O2. The molecule has 0 aliphatic rings. The maximum atomic E-state index is 13.5. The zero-order valence-electron chi connectivity index (χ0n) is 22.9. The van der Waals surface area contributed by atoms with Gasteiger partial charge in [-0.25, -0.2) is 4.98 Å². The monoisotopic (exact) mass is 616 g/mol. The zero-order valence-corrected chi connectivity index (χ0v) is 25.2. The summed E-state index contributed by atoms with van der Waals surface area (Å²) >= 11 is 9.72. The fourth-order valence-corrected chi connectivity index (χ4v) is 5.23. The molecule has 0 N–H and O–H groups in total. The third-order valence-electron chi connectivity index (χ3n) is 7.12. The predicted octanol–water partition coefficient (Wildman–Crippen LogP) is 8.19. The van der Waals surface area contributed by atoms with Crippen LogP contribution in [0.2, 0.25) is 5.02 Å². The Bertz CT molecular complexity index is 1770. The molecule has 3 aromatic carbocycles. The van der Waals surface area contributed by atoms with Gasteiger partial charge in [-0.15, -0.1) is 0 Å². The first-order chi connectivity index (χ1) is 19.3. The fraction of sp³-hybridized carbons (Fsp3) is 0.219. The Kier molecular flexibility index (Phi) is 8.24. The van der Waals surface area contributed by atoms with Gasteiger partial charge >= 0.3 is 0 Å². The van der Waals surface area contributed by atoms with E-state index in [2.05, 4.69) is 52.4 Å². The number of aryl methyl sites for hydroxylation is 1. The number of nitrogens with zero attached hydrogens (tertiary/aromatic N) is 4. The van der Waals surface area contributed by atoms with E-state index in [0.717, 1.165) is 44.8 Å². The van der Waals surface area contributed by atoms with Crippen molar-refractivity contribution in [2.24, 2.45) is 5.10 Å². The topological polar surface area (TPSA) is 61.4 Å². The molecule has 0 saturated heterocycles. The van der Waals surface area contributed by atoms with Crippen LogP contribution in [-0.2, 0) is 6.61 Å². The summed E-state index contributed by atoms with van der Waals surface area (Å²) in [5, 5.41) is 5.89. The fourth-order valence-electron chi connectivity index (χ4n) is 4.68. The van der Waals surface area contributed by atoms with Crippen molar-refractivity contribution < 1.29 is 4.74 Å². The Balaban J connectivity index is 1.44. The Morgan fingerprint density at radius 1 is 1.07 bits per heavy atom. The van der Waals surface area contributed by atoms with Gasteiger partial charge in [0, 0.05) is 43.6 Å². The molecule has 0 unspecified atom stereocenters. The van der Waals surface area contributed by atoms with Crippen molar-refractivity contribution >= 4 is 44.6 Å². The van der Waals surface area contributed by atoms with Gasteiger partial charge in [-0.05, 0) is 74.9 Å². The second-order valence-electron chi connectivity index (χ2n) is 9.84. The number of hydrogen-bond acceptors (Lipinski definition) is 4. The highest BCUT2D eigenvalue weighted by Gasteiger charge is 2.16. The summed E-state index contributed by atoms with van der Waals surface area (Å²) in [6, 6.07) is 23.3. The van der Waals surface area contributed by atoms with E-state index in [-0.39, 0.29) is 11.5 Å². The zero-order chi connectivity index (χ0) is 28.4. The number of halogens is 2. The van der Waals surface area contributed by atoms with Gasteiger partial charge in [0.05, 0.1) is 17.1 Å². The first kappa shape index (κ1) is 27.9. The van der Waals surface area contributed by atoms with Crippen LogP contribution in [0.4, 0.5) is 0 Å². The molecule has 0 saturated carbocycles. The molecule has 0 bridgehead atoms. The van der Waals surface area contributed by atoms with E-state index in [1.54, 1.807) is 12.3 Å². The predicted molar refractivity (Wildman–Crippen MR) is 166 cm³/mol. The lowest BCUT2D eigenvalue weighted by Gasteiger charge is -2.14. The van der Waals surface area contributed by atoms with Crippen molar-refractivity contribution in [2.75, 3.05) is 0 Å². The third-order valence-corrected chi connectivity index (χ3v) is 7.98. The lowest BCUT2D eigenvalue weighted by molar-refractivity contribution is 0.306. The minimum absolute atomic E-state index is 0.0731. The van der Waals surface area contributed by atoms with E-state index in [1.807, 2.05) is 67.6 Å². The number of ether oxygens (including phenoxy) is 1. The van der Waals surface area contributed by atoms with Gasteiger partial charge in [-0.3, -0.25) is 4.79 Å². The van der Waals surface area contributed by atoms with E-state index in [4.69, 9.17) is 21.3 Å². The smallest absolute Gasteiger partial charge is 0.282 e.